The molecule has 0 atom stereocenters. The Bertz CT molecular complexity index is 490. The Labute approximate surface area is 116 Å². The highest BCUT2D eigenvalue weighted by molar-refractivity contribution is 5.97. The van der Waals surface area contributed by atoms with Crippen LogP contribution in [-0.4, -0.2) is 27.6 Å². The van der Waals surface area contributed by atoms with Crippen LogP contribution in [0, 0.1) is 10.1 Å². The molecule has 0 unspecified atom stereocenters. The van der Waals surface area contributed by atoms with Gasteiger partial charge in [-0.3, -0.25) is 10.1 Å². The average molecular weight is 282 g/mol. The van der Waals surface area contributed by atoms with Gasteiger partial charge in [0, 0.05) is 17.8 Å². The van der Waals surface area contributed by atoms with Crippen LogP contribution >= 0.6 is 0 Å². The summed E-state index contributed by atoms with van der Waals surface area (Å²) in [5, 5.41) is 22.3. The van der Waals surface area contributed by atoms with Gasteiger partial charge in [0.2, 0.25) is 0 Å². The summed E-state index contributed by atoms with van der Waals surface area (Å²) < 4.78 is 5.32. The van der Waals surface area contributed by atoms with Crippen LogP contribution in [0.4, 0.5) is 5.69 Å². The maximum Gasteiger partial charge on any atom is 0.331 e. The van der Waals surface area contributed by atoms with Gasteiger partial charge in [0.25, 0.3) is 5.88 Å². The largest absolute Gasteiger partial charge is 0.473 e. The predicted octanol–water partition coefficient (Wildman–Crippen LogP) is 2.04. The van der Waals surface area contributed by atoms with Crippen LogP contribution in [0.15, 0.2) is 17.4 Å². The first-order valence-electron chi connectivity index (χ1n) is 6.35. The van der Waals surface area contributed by atoms with E-state index in [4.69, 9.17) is 15.7 Å². The molecule has 1 aromatic heterocycles. The maximum atomic E-state index is 11.0. The highest BCUT2D eigenvalue weighted by atomic mass is 16.6. The molecule has 0 aliphatic carbocycles. The van der Waals surface area contributed by atoms with Gasteiger partial charge >= 0.3 is 5.69 Å². The van der Waals surface area contributed by atoms with E-state index >= 15 is 0 Å². The monoisotopic (exact) mass is 282 g/mol. The van der Waals surface area contributed by atoms with Crippen LogP contribution in [0.1, 0.15) is 38.2 Å². The molecule has 1 aromatic rings. The van der Waals surface area contributed by atoms with Crippen molar-refractivity contribution in [3.8, 4) is 5.88 Å². The summed E-state index contributed by atoms with van der Waals surface area (Å²) >= 11 is 0. The second-order valence-corrected chi connectivity index (χ2v) is 4.20. The van der Waals surface area contributed by atoms with Crippen LogP contribution in [0.2, 0.25) is 0 Å². The number of hydrogen-bond acceptors (Lipinski definition) is 6. The summed E-state index contributed by atoms with van der Waals surface area (Å²) in [6.45, 7) is 2.47. The molecule has 1 rings (SSSR count). The third-order valence-electron chi connectivity index (χ3n) is 2.67. The number of amidine groups is 1. The molecule has 3 N–H and O–H groups in total. The highest BCUT2D eigenvalue weighted by Gasteiger charge is 2.19. The Morgan fingerprint density at radius 1 is 1.55 bits per heavy atom. The Kier molecular flexibility index (Phi) is 6.21. The van der Waals surface area contributed by atoms with Gasteiger partial charge in [-0.05, 0) is 6.42 Å². The SMILES string of the molecule is CCCCCCOc1ncc(C(N)=NO)cc1[N+](=O)[O-]. The smallest absolute Gasteiger partial charge is 0.331 e. The highest BCUT2D eigenvalue weighted by Crippen LogP contribution is 2.25. The van der Waals surface area contributed by atoms with Crippen molar-refractivity contribution in [1.82, 2.24) is 4.98 Å². The second-order valence-electron chi connectivity index (χ2n) is 4.20. The molecule has 0 spiro atoms. The number of ether oxygens (including phenoxy) is 1. The van der Waals surface area contributed by atoms with Crippen molar-refractivity contribution < 1.29 is 14.9 Å². The number of nitro groups is 1. The molecular formula is C12H18N4O4. The number of unbranched alkanes of at least 4 members (excludes halogenated alkanes) is 3. The summed E-state index contributed by atoms with van der Waals surface area (Å²) in [5.41, 5.74) is 5.23. The van der Waals surface area contributed by atoms with Gasteiger partial charge in [0.15, 0.2) is 5.84 Å². The van der Waals surface area contributed by atoms with Crippen LogP contribution < -0.4 is 10.5 Å². The molecule has 0 radical (unpaired) electrons. The third-order valence-corrected chi connectivity index (χ3v) is 2.67. The van der Waals surface area contributed by atoms with Crippen molar-refractivity contribution in [3.63, 3.8) is 0 Å². The van der Waals surface area contributed by atoms with Crippen LogP contribution in [-0.2, 0) is 0 Å². The minimum atomic E-state index is -0.609. The van der Waals surface area contributed by atoms with E-state index in [0.29, 0.717) is 6.61 Å². The van der Waals surface area contributed by atoms with Gasteiger partial charge in [-0.2, -0.15) is 0 Å². The number of aromatic nitrogens is 1. The van der Waals surface area contributed by atoms with Crippen LogP contribution in [0.25, 0.3) is 0 Å². The lowest BCUT2D eigenvalue weighted by Crippen LogP contribution is -2.14. The molecule has 8 nitrogen and oxygen atoms in total. The number of nitrogens with two attached hydrogens (primary N) is 1. The first-order valence-corrected chi connectivity index (χ1v) is 6.35. The third kappa shape index (κ3) is 4.38. The maximum absolute atomic E-state index is 11.0. The van der Waals surface area contributed by atoms with E-state index < -0.39 is 4.92 Å². The zero-order valence-corrected chi connectivity index (χ0v) is 11.3. The summed E-state index contributed by atoms with van der Waals surface area (Å²) in [4.78, 5) is 14.2. The first kappa shape index (κ1) is 15.7. The van der Waals surface area contributed by atoms with Gasteiger partial charge in [-0.15, -0.1) is 0 Å². The molecule has 110 valence electrons. The minimum absolute atomic E-state index is 0.0546. The number of pyridine rings is 1. The van der Waals surface area contributed by atoms with E-state index in [1.165, 1.54) is 12.3 Å². The summed E-state index contributed by atoms with van der Waals surface area (Å²) in [5.74, 6) is -0.295. The van der Waals surface area contributed by atoms with Gasteiger partial charge in [-0.25, -0.2) is 4.98 Å². The number of rotatable bonds is 8. The molecule has 0 saturated carbocycles. The number of oxime groups is 1. The Hall–Kier alpha value is -2.38. The fourth-order valence-electron chi connectivity index (χ4n) is 1.58. The molecule has 0 aliphatic rings. The number of nitrogens with zero attached hydrogens (tertiary/aromatic N) is 3. The van der Waals surface area contributed by atoms with Gasteiger partial charge in [0.1, 0.15) is 0 Å². The fraction of sp³-hybridized carbons (Fsp3) is 0.500. The lowest BCUT2D eigenvalue weighted by molar-refractivity contribution is -0.386. The molecular weight excluding hydrogens is 264 g/mol. The predicted molar refractivity (Wildman–Crippen MR) is 73.0 cm³/mol. The lowest BCUT2D eigenvalue weighted by atomic mass is 10.2. The molecule has 20 heavy (non-hydrogen) atoms. The molecule has 8 heteroatoms. The normalized spacial score (nSPS) is 11.3. The quantitative estimate of drug-likeness (QED) is 0.188. The van der Waals surface area contributed by atoms with Gasteiger partial charge in [0.05, 0.1) is 11.5 Å². The molecule has 0 bridgehead atoms. The van der Waals surface area contributed by atoms with Crippen LogP contribution in [0.5, 0.6) is 5.88 Å². The van der Waals surface area contributed by atoms with E-state index in [-0.39, 0.29) is 23.0 Å². The zero-order valence-electron chi connectivity index (χ0n) is 11.3. The van der Waals surface area contributed by atoms with Crippen molar-refractivity contribution in [2.45, 2.75) is 32.6 Å². The number of hydrogen-bond donors (Lipinski definition) is 2. The Morgan fingerprint density at radius 3 is 2.90 bits per heavy atom. The van der Waals surface area contributed by atoms with E-state index in [1.807, 2.05) is 0 Å². The van der Waals surface area contributed by atoms with Crippen molar-refractivity contribution in [1.29, 1.82) is 0 Å². The summed E-state index contributed by atoms with van der Waals surface area (Å²) in [6.07, 6.45) is 5.29. The molecule has 1 heterocycles. The van der Waals surface area contributed by atoms with Crippen molar-refractivity contribution >= 4 is 11.5 Å². The van der Waals surface area contributed by atoms with E-state index in [9.17, 15) is 10.1 Å². The topological polar surface area (TPSA) is 124 Å². The Balaban J connectivity index is 2.78. The first-order chi connectivity index (χ1) is 9.60. The molecule has 0 fully saturated rings. The van der Waals surface area contributed by atoms with Gasteiger partial charge < -0.3 is 15.7 Å². The molecule has 0 amide bonds. The second kappa shape index (κ2) is 7.93. The van der Waals surface area contributed by atoms with Crippen molar-refractivity contribution in [2.24, 2.45) is 10.9 Å². The van der Waals surface area contributed by atoms with Crippen molar-refractivity contribution in [3.05, 3.63) is 27.9 Å². The van der Waals surface area contributed by atoms with Gasteiger partial charge in [-0.1, -0.05) is 31.3 Å². The molecule has 0 aromatic carbocycles. The lowest BCUT2D eigenvalue weighted by Gasteiger charge is -2.06. The average Bonchev–Trinajstić information content (AvgIpc) is 2.46. The van der Waals surface area contributed by atoms with E-state index in [2.05, 4.69) is 17.1 Å². The van der Waals surface area contributed by atoms with E-state index in [1.54, 1.807) is 0 Å². The summed E-state index contributed by atoms with van der Waals surface area (Å²) in [7, 11) is 0. The van der Waals surface area contributed by atoms with E-state index in [0.717, 1.165) is 25.7 Å². The zero-order chi connectivity index (χ0) is 15.0. The van der Waals surface area contributed by atoms with Crippen LogP contribution in [0.3, 0.4) is 0 Å². The standard InChI is InChI=1S/C12H18N4O4/c1-2-3-4-5-6-20-12-10(16(18)19)7-9(8-14-12)11(13)15-17/h7-8,17H,2-6H2,1H3,(H2,13,15). The summed E-state index contributed by atoms with van der Waals surface area (Å²) in [6, 6.07) is 1.17. The molecule has 0 saturated heterocycles. The fourth-order valence-corrected chi connectivity index (χ4v) is 1.58. The van der Waals surface area contributed by atoms with Crippen molar-refractivity contribution in [2.75, 3.05) is 6.61 Å². The minimum Gasteiger partial charge on any atom is -0.473 e. The molecule has 0 aliphatic heterocycles. The Morgan fingerprint density at radius 2 is 2.30 bits per heavy atom.